The van der Waals surface area contributed by atoms with Crippen molar-refractivity contribution in [3.05, 3.63) is 29.8 Å². The van der Waals surface area contributed by atoms with E-state index in [-0.39, 0.29) is 5.75 Å². The molecular formula is C13H22N2O2S. The van der Waals surface area contributed by atoms with E-state index < -0.39 is 10.0 Å². The van der Waals surface area contributed by atoms with Gasteiger partial charge in [-0.3, -0.25) is 4.31 Å². The lowest BCUT2D eigenvalue weighted by Gasteiger charge is -2.20. The van der Waals surface area contributed by atoms with Gasteiger partial charge >= 0.3 is 0 Å². The molecule has 0 aliphatic heterocycles. The summed E-state index contributed by atoms with van der Waals surface area (Å²) in [5.41, 5.74) is 1.77. The Morgan fingerprint density at radius 1 is 1.28 bits per heavy atom. The Hall–Kier alpha value is -1.07. The maximum absolute atomic E-state index is 12.1. The van der Waals surface area contributed by atoms with Crippen LogP contribution < -0.4 is 9.62 Å². The fourth-order valence-electron chi connectivity index (χ4n) is 1.62. The maximum Gasteiger partial charge on any atom is 0.236 e. The van der Waals surface area contributed by atoms with Gasteiger partial charge in [-0.05, 0) is 37.6 Å². The van der Waals surface area contributed by atoms with Crippen LogP contribution >= 0.6 is 0 Å². The number of rotatable bonds is 7. The van der Waals surface area contributed by atoms with Crippen LogP contribution in [0.25, 0.3) is 0 Å². The Balaban J connectivity index is 2.67. The summed E-state index contributed by atoms with van der Waals surface area (Å²) < 4.78 is 25.5. The average Bonchev–Trinajstić information content (AvgIpc) is 2.34. The van der Waals surface area contributed by atoms with Crippen LogP contribution in [-0.2, 0) is 10.0 Å². The van der Waals surface area contributed by atoms with Gasteiger partial charge < -0.3 is 5.32 Å². The SMILES string of the molecule is CCCNCCS(=O)(=O)N(C)c1cccc(C)c1. The standard InChI is InChI=1S/C13H22N2O2S/c1-4-8-14-9-10-18(16,17)15(3)13-7-5-6-12(2)11-13/h5-7,11,14H,4,8-10H2,1-3H3. The minimum Gasteiger partial charge on any atom is -0.316 e. The molecule has 0 bridgehead atoms. The predicted octanol–water partition coefficient (Wildman–Crippen LogP) is 1.76. The van der Waals surface area contributed by atoms with Gasteiger partial charge in [0.25, 0.3) is 0 Å². The van der Waals surface area contributed by atoms with Crippen molar-refractivity contribution in [1.82, 2.24) is 5.32 Å². The molecule has 0 aliphatic rings. The molecule has 0 unspecified atom stereocenters. The Labute approximate surface area is 110 Å². The summed E-state index contributed by atoms with van der Waals surface area (Å²) in [6.45, 7) is 5.35. The summed E-state index contributed by atoms with van der Waals surface area (Å²) in [4.78, 5) is 0. The fourth-order valence-corrected chi connectivity index (χ4v) is 2.74. The van der Waals surface area contributed by atoms with Gasteiger partial charge in [0, 0.05) is 13.6 Å². The minimum atomic E-state index is -3.24. The molecule has 4 nitrogen and oxygen atoms in total. The van der Waals surface area contributed by atoms with Crippen molar-refractivity contribution < 1.29 is 8.42 Å². The van der Waals surface area contributed by atoms with E-state index in [9.17, 15) is 8.42 Å². The molecule has 0 amide bonds. The van der Waals surface area contributed by atoms with Gasteiger partial charge in [0.2, 0.25) is 10.0 Å². The van der Waals surface area contributed by atoms with Crippen molar-refractivity contribution >= 4 is 15.7 Å². The highest BCUT2D eigenvalue weighted by Crippen LogP contribution is 2.17. The van der Waals surface area contributed by atoms with E-state index in [2.05, 4.69) is 12.2 Å². The summed E-state index contributed by atoms with van der Waals surface area (Å²) in [7, 11) is -1.64. The maximum atomic E-state index is 12.1. The van der Waals surface area contributed by atoms with Crippen LogP contribution in [0.15, 0.2) is 24.3 Å². The lowest BCUT2D eigenvalue weighted by Crippen LogP contribution is -2.33. The number of nitrogens with one attached hydrogen (secondary N) is 1. The third-order valence-electron chi connectivity index (χ3n) is 2.75. The zero-order valence-electron chi connectivity index (χ0n) is 11.3. The van der Waals surface area contributed by atoms with Crippen molar-refractivity contribution in [2.75, 3.05) is 30.2 Å². The normalized spacial score (nSPS) is 11.5. The van der Waals surface area contributed by atoms with Gasteiger partial charge in [-0.25, -0.2) is 8.42 Å². The van der Waals surface area contributed by atoms with Gasteiger partial charge in [-0.1, -0.05) is 19.1 Å². The molecule has 0 fully saturated rings. The van der Waals surface area contributed by atoms with Crippen LogP contribution in [0.3, 0.4) is 0 Å². The molecule has 0 aromatic heterocycles. The molecule has 0 aliphatic carbocycles. The van der Waals surface area contributed by atoms with E-state index >= 15 is 0 Å². The van der Waals surface area contributed by atoms with E-state index in [1.165, 1.54) is 4.31 Å². The van der Waals surface area contributed by atoms with Crippen LogP contribution in [0.5, 0.6) is 0 Å². The van der Waals surface area contributed by atoms with Crippen LogP contribution in [0.4, 0.5) is 5.69 Å². The highest BCUT2D eigenvalue weighted by Gasteiger charge is 2.17. The zero-order valence-corrected chi connectivity index (χ0v) is 12.1. The third-order valence-corrected chi connectivity index (χ3v) is 4.51. The molecule has 1 aromatic carbocycles. The monoisotopic (exact) mass is 270 g/mol. The van der Waals surface area contributed by atoms with Crippen molar-refractivity contribution in [2.45, 2.75) is 20.3 Å². The first-order valence-electron chi connectivity index (χ1n) is 6.21. The number of sulfonamides is 1. The van der Waals surface area contributed by atoms with Gasteiger partial charge in [0.15, 0.2) is 0 Å². The predicted molar refractivity (Wildman–Crippen MR) is 76.5 cm³/mol. The molecule has 1 rings (SSSR count). The minimum absolute atomic E-state index is 0.122. The fraction of sp³-hybridized carbons (Fsp3) is 0.538. The van der Waals surface area contributed by atoms with E-state index in [1.54, 1.807) is 7.05 Å². The average molecular weight is 270 g/mol. The molecule has 0 atom stereocenters. The smallest absolute Gasteiger partial charge is 0.236 e. The summed E-state index contributed by atoms with van der Waals surface area (Å²) in [6.07, 6.45) is 1.01. The summed E-state index contributed by atoms with van der Waals surface area (Å²) in [5, 5.41) is 3.10. The second-order valence-corrected chi connectivity index (χ2v) is 6.49. The number of aryl methyl sites for hydroxylation is 1. The molecule has 18 heavy (non-hydrogen) atoms. The van der Waals surface area contributed by atoms with Crippen molar-refractivity contribution in [3.63, 3.8) is 0 Å². The third kappa shape index (κ3) is 4.31. The second kappa shape index (κ2) is 6.75. The van der Waals surface area contributed by atoms with Gasteiger partial charge in [-0.15, -0.1) is 0 Å². The van der Waals surface area contributed by atoms with Crippen molar-refractivity contribution in [1.29, 1.82) is 0 Å². The van der Waals surface area contributed by atoms with Crippen LogP contribution in [0, 0.1) is 6.92 Å². The molecule has 102 valence electrons. The highest BCUT2D eigenvalue weighted by atomic mass is 32.2. The molecule has 0 saturated carbocycles. The zero-order chi connectivity index (χ0) is 13.6. The number of hydrogen-bond acceptors (Lipinski definition) is 3. The van der Waals surface area contributed by atoms with Crippen molar-refractivity contribution in [3.8, 4) is 0 Å². The second-order valence-electron chi connectivity index (χ2n) is 4.37. The summed E-state index contributed by atoms with van der Waals surface area (Å²) in [5.74, 6) is 0.122. The quantitative estimate of drug-likeness (QED) is 0.768. The Kier molecular flexibility index (Phi) is 5.62. The van der Waals surface area contributed by atoms with E-state index in [0.717, 1.165) is 18.5 Å². The molecule has 1 aromatic rings. The van der Waals surface area contributed by atoms with Crippen molar-refractivity contribution in [2.24, 2.45) is 0 Å². The van der Waals surface area contributed by atoms with E-state index in [4.69, 9.17) is 0 Å². The summed E-state index contributed by atoms with van der Waals surface area (Å²) >= 11 is 0. The van der Waals surface area contributed by atoms with E-state index in [0.29, 0.717) is 12.2 Å². The highest BCUT2D eigenvalue weighted by molar-refractivity contribution is 7.92. The topological polar surface area (TPSA) is 49.4 Å². The number of hydrogen-bond donors (Lipinski definition) is 1. The number of nitrogens with zero attached hydrogens (tertiary/aromatic N) is 1. The lowest BCUT2D eigenvalue weighted by atomic mass is 10.2. The number of benzene rings is 1. The molecular weight excluding hydrogens is 248 g/mol. The first-order chi connectivity index (χ1) is 8.47. The van der Waals surface area contributed by atoms with Crippen LogP contribution in [0.1, 0.15) is 18.9 Å². The molecule has 0 saturated heterocycles. The Morgan fingerprint density at radius 2 is 2.00 bits per heavy atom. The molecule has 0 radical (unpaired) electrons. The molecule has 1 N–H and O–H groups in total. The molecule has 5 heteroatoms. The van der Waals surface area contributed by atoms with Crippen LogP contribution in [-0.4, -0.2) is 34.3 Å². The summed E-state index contributed by atoms with van der Waals surface area (Å²) in [6, 6.07) is 7.50. The molecule has 0 heterocycles. The Morgan fingerprint density at radius 3 is 2.61 bits per heavy atom. The number of anilines is 1. The molecule has 0 spiro atoms. The van der Waals surface area contributed by atoms with Gasteiger partial charge in [0.1, 0.15) is 0 Å². The van der Waals surface area contributed by atoms with Crippen LogP contribution in [0.2, 0.25) is 0 Å². The largest absolute Gasteiger partial charge is 0.316 e. The van der Waals surface area contributed by atoms with Gasteiger partial charge in [0.05, 0.1) is 11.4 Å². The Bertz CT molecular complexity index is 472. The van der Waals surface area contributed by atoms with Gasteiger partial charge in [-0.2, -0.15) is 0 Å². The lowest BCUT2D eigenvalue weighted by molar-refractivity contribution is 0.588. The van der Waals surface area contributed by atoms with E-state index in [1.807, 2.05) is 31.2 Å². The first kappa shape index (κ1) is 15.0. The first-order valence-corrected chi connectivity index (χ1v) is 7.82.